The standard InChI is InChI=1S/C12H10Cl4N4OS/c13-6-8(21)17-10(12(14,15)16)18-11-20-19-9(22-11)7-4-2-1-3-5-7/h1-5,10H,6H2,(H,17,21)(H,18,20). The van der Waals surface area contributed by atoms with Crippen LogP contribution in [-0.2, 0) is 4.79 Å². The molecule has 2 rings (SSSR count). The number of anilines is 1. The lowest BCUT2D eigenvalue weighted by Gasteiger charge is -2.25. The summed E-state index contributed by atoms with van der Waals surface area (Å²) >= 11 is 24.2. The lowest BCUT2D eigenvalue weighted by molar-refractivity contribution is -0.119. The molecule has 0 fully saturated rings. The van der Waals surface area contributed by atoms with Crippen LogP contribution in [0.5, 0.6) is 0 Å². The number of aromatic nitrogens is 2. The van der Waals surface area contributed by atoms with E-state index in [1.165, 1.54) is 11.3 Å². The Balaban J connectivity index is 2.14. The SMILES string of the molecule is O=C(CCl)NC(Nc1nnc(-c2ccccc2)s1)C(Cl)(Cl)Cl. The largest absolute Gasteiger partial charge is 0.336 e. The molecule has 0 aliphatic carbocycles. The quantitative estimate of drug-likeness (QED) is 0.594. The highest BCUT2D eigenvalue weighted by Crippen LogP contribution is 2.33. The number of benzene rings is 1. The maximum atomic E-state index is 11.4. The summed E-state index contributed by atoms with van der Waals surface area (Å²) < 4.78 is -1.78. The monoisotopic (exact) mass is 398 g/mol. The van der Waals surface area contributed by atoms with Gasteiger partial charge in [0.25, 0.3) is 0 Å². The van der Waals surface area contributed by atoms with Crippen LogP contribution in [0.4, 0.5) is 5.13 Å². The Bertz CT molecular complexity index is 632. The van der Waals surface area contributed by atoms with Gasteiger partial charge in [-0.25, -0.2) is 0 Å². The third-order valence-electron chi connectivity index (χ3n) is 2.47. The summed E-state index contributed by atoms with van der Waals surface area (Å²) in [5.74, 6) is -0.720. The number of carbonyl (C=O) groups is 1. The van der Waals surface area contributed by atoms with Crippen molar-refractivity contribution in [3.8, 4) is 10.6 Å². The fraction of sp³-hybridized carbons (Fsp3) is 0.250. The number of rotatable bonds is 5. The van der Waals surface area contributed by atoms with E-state index in [0.29, 0.717) is 10.1 Å². The number of hydrogen-bond donors (Lipinski definition) is 2. The average Bonchev–Trinajstić information content (AvgIpc) is 2.95. The fourth-order valence-electron chi connectivity index (χ4n) is 1.50. The molecule has 1 heterocycles. The second-order valence-corrected chi connectivity index (χ2v) is 7.71. The van der Waals surface area contributed by atoms with Crippen LogP contribution in [0.2, 0.25) is 0 Å². The summed E-state index contributed by atoms with van der Waals surface area (Å²) in [6, 6.07) is 9.52. The smallest absolute Gasteiger partial charge is 0.236 e. The molecule has 1 amide bonds. The van der Waals surface area contributed by atoms with Gasteiger partial charge in [0.15, 0.2) is 0 Å². The molecule has 10 heteroatoms. The highest BCUT2D eigenvalue weighted by Gasteiger charge is 2.34. The number of carbonyl (C=O) groups excluding carboxylic acids is 1. The van der Waals surface area contributed by atoms with Gasteiger partial charge in [0.05, 0.1) is 0 Å². The van der Waals surface area contributed by atoms with E-state index in [0.717, 1.165) is 5.56 Å². The third kappa shape index (κ3) is 4.86. The van der Waals surface area contributed by atoms with Gasteiger partial charge in [-0.3, -0.25) is 4.79 Å². The molecule has 5 nitrogen and oxygen atoms in total. The minimum atomic E-state index is -1.78. The van der Waals surface area contributed by atoms with E-state index in [2.05, 4.69) is 20.8 Å². The molecule has 1 unspecified atom stereocenters. The number of nitrogens with zero attached hydrogens (tertiary/aromatic N) is 2. The molecule has 0 spiro atoms. The second-order valence-electron chi connectivity index (χ2n) is 4.10. The summed E-state index contributed by atoms with van der Waals surface area (Å²) in [5, 5.41) is 14.4. The molecule has 1 aromatic heterocycles. The first kappa shape index (κ1) is 17.6. The molecule has 0 aliphatic heterocycles. The predicted octanol–water partition coefficient (Wildman–Crippen LogP) is 3.67. The van der Waals surface area contributed by atoms with Crippen LogP contribution in [0.1, 0.15) is 0 Å². The van der Waals surface area contributed by atoms with E-state index >= 15 is 0 Å². The summed E-state index contributed by atoms with van der Waals surface area (Å²) in [6.45, 7) is 0. The molecule has 2 N–H and O–H groups in total. The van der Waals surface area contributed by atoms with E-state index in [1.54, 1.807) is 0 Å². The van der Waals surface area contributed by atoms with Gasteiger partial charge in [-0.1, -0.05) is 76.5 Å². The zero-order chi connectivity index (χ0) is 16.2. The second kappa shape index (κ2) is 7.66. The molecular formula is C12H10Cl4N4OS. The summed E-state index contributed by atoms with van der Waals surface area (Å²) in [6.07, 6.45) is -0.986. The Morgan fingerprint density at radius 3 is 2.50 bits per heavy atom. The zero-order valence-electron chi connectivity index (χ0n) is 10.9. The Morgan fingerprint density at radius 1 is 1.23 bits per heavy atom. The Morgan fingerprint density at radius 2 is 1.91 bits per heavy atom. The highest BCUT2D eigenvalue weighted by atomic mass is 35.6. The zero-order valence-corrected chi connectivity index (χ0v) is 14.7. The molecule has 0 aliphatic rings. The van der Waals surface area contributed by atoms with Crippen LogP contribution in [0.25, 0.3) is 10.6 Å². The molecule has 2 aromatic rings. The molecule has 22 heavy (non-hydrogen) atoms. The van der Waals surface area contributed by atoms with Crippen molar-refractivity contribution in [3.05, 3.63) is 30.3 Å². The molecule has 0 saturated carbocycles. The number of amides is 1. The van der Waals surface area contributed by atoms with Gasteiger partial charge in [0.2, 0.25) is 14.8 Å². The summed E-state index contributed by atoms with van der Waals surface area (Å²) in [5.41, 5.74) is 0.920. The van der Waals surface area contributed by atoms with Crippen LogP contribution in [0.15, 0.2) is 30.3 Å². The molecule has 0 bridgehead atoms. The normalized spacial score (nSPS) is 12.7. The predicted molar refractivity (Wildman–Crippen MR) is 91.9 cm³/mol. The minimum Gasteiger partial charge on any atom is -0.336 e. The van der Waals surface area contributed by atoms with Crippen LogP contribution < -0.4 is 10.6 Å². The van der Waals surface area contributed by atoms with E-state index in [9.17, 15) is 4.79 Å². The Hall–Kier alpha value is -0.790. The van der Waals surface area contributed by atoms with Crippen LogP contribution in [0, 0.1) is 0 Å². The summed E-state index contributed by atoms with van der Waals surface area (Å²) in [4.78, 5) is 11.4. The van der Waals surface area contributed by atoms with Crippen molar-refractivity contribution < 1.29 is 4.79 Å². The molecule has 118 valence electrons. The maximum Gasteiger partial charge on any atom is 0.236 e. The molecular weight excluding hydrogens is 390 g/mol. The van der Waals surface area contributed by atoms with E-state index in [1.807, 2.05) is 30.3 Å². The number of halogens is 4. The molecule has 0 saturated heterocycles. The van der Waals surface area contributed by atoms with Crippen LogP contribution in [-0.4, -0.2) is 31.9 Å². The fourth-order valence-corrected chi connectivity index (χ4v) is 2.68. The molecule has 1 atom stereocenters. The van der Waals surface area contributed by atoms with Crippen molar-refractivity contribution in [1.82, 2.24) is 15.5 Å². The van der Waals surface area contributed by atoms with Gasteiger partial charge in [-0.2, -0.15) is 0 Å². The van der Waals surface area contributed by atoms with Gasteiger partial charge < -0.3 is 10.6 Å². The minimum absolute atomic E-state index is 0.246. The van der Waals surface area contributed by atoms with Gasteiger partial charge >= 0.3 is 0 Å². The number of nitrogens with one attached hydrogen (secondary N) is 2. The van der Waals surface area contributed by atoms with E-state index in [-0.39, 0.29) is 5.88 Å². The Kier molecular flexibility index (Phi) is 6.11. The number of alkyl halides is 4. The topological polar surface area (TPSA) is 66.9 Å². The van der Waals surface area contributed by atoms with Crippen molar-refractivity contribution in [3.63, 3.8) is 0 Å². The molecule has 1 aromatic carbocycles. The maximum absolute atomic E-state index is 11.4. The molecule has 0 radical (unpaired) electrons. The van der Waals surface area contributed by atoms with Gasteiger partial charge in [0, 0.05) is 5.56 Å². The Labute approximate surface area is 150 Å². The first-order chi connectivity index (χ1) is 10.4. The van der Waals surface area contributed by atoms with Crippen molar-refractivity contribution in [1.29, 1.82) is 0 Å². The van der Waals surface area contributed by atoms with Crippen molar-refractivity contribution in [2.75, 3.05) is 11.2 Å². The van der Waals surface area contributed by atoms with Crippen molar-refractivity contribution >= 4 is 68.8 Å². The first-order valence-electron chi connectivity index (χ1n) is 5.97. The number of hydrogen-bond acceptors (Lipinski definition) is 5. The highest BCUT2D eigenvalue weighted by molar-refractivity contribution is 7.18. The van der Waals surface area contributed by atoms with Crippen molar-refractivity contribution in [2.24, 2.45) is 0 Å². The lowest BCUT2D eigenvalue weighted by atomic mass is 10.2. The van der Waals surface area contributed by atoms with Crippen LogP contribution >= 0.6 is 57.7 Å². The lowest BCUT2D eigenvalue weighted by Crippen LogP contribution is -2.49. The van der Waals surface area contributed by atoms with Gasteiger partial charge in [0.1, 0.15) is 17.1 Å². The van der Waals surface area contributed by atoms with E-state index < -0.39 is 15.9 Å². The van der Waals surface area contributed by atoms with Gasteiger partial charge in [-0.05, 0) is 0 Å². The van der Waals surface area contributed by atoms with Gasteiger partial charge in [-0.15, -0.1) is 21.8 Å². The summed E-state index contributed by atoms with van der Waals surface area (Å²) in [7, 11) is 0. The van der Waals surface area contributed by atoms with Crippen LogP contribution in [0.3, 0.4) is 0 Å². The third-order valence-corrected chi connectivity index (χ3v) is 4.27. The van der Waals surface area contributed by atoms with Crippen molar-refractivity contribution in [2.45, 2.75) is 9.96 Å². The first-order valence-corrected chi connectivity index (χ1v) is 8.46. The van der Waals surface area contributed by atoms with E-state index in [4.69, 9.17) is 46.4 Å². The average molecular weight is 400 g/mol.